The highest BCUT2D eigenvalue weighted by Crippen LogP contribution is 2.31. The van der Waals surface area contributed by atoms with Crippen LogP contribution < -0.4 is 16.0 Å². The van der Waals surface area contributed by atoms with E-state index in [2.05, 4.69) is 20.9 Å². The molecule has 6 nitrogen and oxygen atoms in total. The van der Waals surface area contributed by atoms with E-state index >= 15 is 0 Å². The van der Waals surface area contributed by atoms with Gasteiger partial charge >= 0.3 is 0 Å². The molecule has 2 heterocycles. The number of carbonyl (C=O) groups excluding carboxylic acids is 2. The molecule has 1 aliphatic heterocycles. The second-order valence-corrected chi connectivity index (χ2v) is 8.09. The molecule has 1 aromatic rings. The highest BCUT2D eigenvalue weighted by Gasteiger charge is 2.25. The molecule has 3 N–H and O–H groups in total. The van der Waals surface area contributed by atoms with Crippen molar-refractivity contribution in [1.82, 2.24) is 15.6 Å². The highest BCUT2D eigenvalue weighted by atomic mass is 32.1. The molecule has 0 aromatic carbocycles. The van der Waals surface area contributed by atoms with Gasteiger partial charge in [0.25, 0.3) is 0 Å². The van der Waals surface area contributed by atoms with Crippen LogP contribution in [-0.4, -0.2) is 35.9 Å². The van der Waals surface area contributed by atoms with Crippen molar-refractivity contribution in [3.8, 4) is 0 Å². The largest absolute Gasteiger partial charge is 0.344 e. The van der Waals surface area contributed by atoms with E-state index in [1.807, 2.05) is 27.0 Å². The van der Waals surface area contributed by atoms with Crippen molar-refractivity contribution in [3.05, 3.63) is 11.1 Å². The molecule has 0 aliphatic carbocycles. The second-order valence-electron chi connectivity index (χ2n) is 7.03. The Kier molecular flexibility index (Phi) is 5.75. The van der Waals surface area contributed by atoms with Gasteiger partial charge in [0.15, 0.2) is 5.13 Å². The summed E-state index contributed by atoms with van der Waals surface area (Å²) in [6.45, 7) is 9.19. The van der Waals surface area contributed by atoms with Crippen molar-refractivity contribution in [2.24, 2.45) is 5.41 Å². The van der Waals surface area contributed by atoms with E-state index in [1.165, 1.54) is 16.2 Å². The number of carbonyl (C=O) groups is 2. The molecule has 1 atom stereocenters. The minimum atomic E-state index is -0.590. The van der Waals surface area contributed by atoms with E-state index in [0.717, 1.165) is 25.9 Å². The zero-order valence-corrected chi connectivity index (χ0v) is 15.0. The molecular formula is C16H26N4O2S. The number of rotatable bonds is 4. The van der Waals surface area contributed by atoms with Gasteiger partial charge in [-0.25, -0.2) is 4.98 Å². The Hall–Kier alpha value is -1.47. The monoisotopic (exact) mass is 338 g/mol. The summed E-state index contributed by atoms with van der Waals surface area (Å²) in [5.41, 5.74) is -0.516. The first kappa shape index (κ1) is 17.9. The minimum Gasteiger partial charge on any atom is -0.344 e. The van der Waals surface area contributed by atoms with Crippen LogP contribution in [0.2, 0.25) is 0 Å². The number of nitrogens with one attached hydrogen (secondary N) is 3. The van der Waals surface area contributed by atoms with Gasteiger partial charge in [0.2, 0.25) is 11.8 Å². The SMILES string of the molecule is CC(NC(=O)C(C)(C)C)C(=O)Nc1ncc(C2CCNCC2)s1. The van der Waals surface area contributed by atoms with Crippen LogP contribution in [0.3, 0.4) is 0 Å². The maximum absolute atomic E-state index is 12.2. The normalized spacial score (nSPS) is 17.6. The smallest absolute Gasteiger partial charge is 0.248 e. The lowest BCUT2D eigenvalue weighted by molar-refractivity contribution is -0.131. The van der Waals surface area contributed by atoms with Crippen molar-refractivity contribution in [1.29, 1.82) is 0 Å². The van der Waals surface area contributed by atoms with E-state index in [1.54, 1.807) is 6.92 Å². The third kappa shape index (κ3) is 5.00. The standard InChI is InChI=1S/C16H26N4O2S/c1-10(19-14(22)16(2,3)4)13(21)20-15-18-9-12(23-15)11-5-7-17-8-6-11/h9-11,17H,5-8H2,1-4H3,(H,19,22)(H,18,20,21). The molecule has 1 saturated heterocycles. The molecule has 0 bridgehead atoms. The van der Waals surface area contributed by atoms with E-state index in [-0.39, 0.29) is 11.8 Å². The van der Waals surface area contributed by atoms with Gasteiger partial charge in [-0.3, -0.25) is 9.59 Å². The Bertz CT molecular complexity index is 559. The summed E-state index contributed by atoms with van der Waals surface area (Å²) in [5.74, 6) is 0.140. The van der Waals surface area contributed by atoms with Crippen LogP contribution in [-0.2, 0) is 9.59 Å². The first-order valence-corrected chi connectivity index (χ1v) is 8.87. The van der Waals surface area contributed by atoms with Crippen LogP contribution in [0.4, 0.5) is 5.13 Å². The topological polar surface area (TPSA) is 83.1 Å². The predicted octanol–water partition coefficient (Wildman–Crippen LogP) is 2.10. The van der Waals surface area contributed by atoms with E-state index in [4.69, 9.17) is 0 Å². The zero-order valence-electron chi connectivity index (χ0n) is 14.2. The molecule has 1 fully saturated rings. The second kappa shape index (κ2) is 7.40. The molecule has 2 amide bonds. The molecule has 2 rings (SSSR count). The van der Waals surface area contributed by atoms with E-state index in [0.29, 0.717) is 11.0 Å². The summed E-state index contributed by atoms with van der Waals surface area (Å²) in [5, 5.41) is 9.46. The molecule has 0 spiro atoms. The van der Waals surface area contributed by atoms with Crippen molar-refractivity contribution in [3.63, 3.8) is 0 Å². The Morgan fingerprint density at radius 3 is 2.61 bits per heavy atom. The average Bonchev–Trinajstić information content (AvgIpc) is 2.95. The maximum atomic E-state index is 12.2. The Morgan fingerprint density at radius 1 is 1.35 bits per heavy atom. The Balaban J connectivity index is 1.90. The fourth-order valence-corrected chi connectivity index (χ4v) is 3.32. The summed E-state index contributed by atoms with van der Waals surface area (Å²) in [6, 6.07) is -0.590. The molecule has 0 saturated carbocycles. The molecular weight excluding hydrogens is 312 g/mol. The van der Waals surface area contributed by atoms with Gasteiger partial charge in [0, 0.05) is 16.5 Å². The van der Waals surface area contributed by atoms with Gasteiger partial charge in [-0.05, 0) is 38.8 Å². The van der Waals surface area contributed by atoms with Crippen LogP contribution >= 0.6 is 11.3 Å². The summed E-state index contributed by atoms with van der Waals surface area (Å²) < 4.78 is 0. The summed E-state index contributed by atoms with van der Waals surface area (Å²) in [7, 11) is 0. The number of amides is 2. The maximum Gasteiger partial charge on any atom is 0.248 e. The van der Waals surface area contributed by atoms with Gasteiger partial charge in [-0.1, -0.05) is 20.8 Å². The van der Waals surface area contributed by atoms with Crippen molar-refractivity contribution in [2.75, 3.05) is 18.4 Å². The minimum absolute atomic E-state index is 0.144. The lowest BCUT2D eigenvalue weighted by atomic mass is 9.95. The number of hydrogen-bond donors (Lipinski definition) is 3. The molecule has 0 radical (unpaired) electrons. The third-order valence-electron chi connectivity index (χ3n) is 3.92. The first-order valence-electron chi connectivity index (χ1n) is 8.05. The molecule has 7 heteroatoms. The van der Waals surface area contributed by atoms with Crippen LogP contribution in [0.5, 0.6) is 0 Å². The van der Waals surface area contributed by atoms with Gasteiger partial charge in [-0.15, -0.1) is 11.3 Å². The van der Waals surface area contributed by atoms with Gasteiger partial charge in [0.1, 0.15) is 6.04 Å². The quantitative estimate of drug-likeness (QED) is 0.785. The van der Waals surface area contributed by atoms with E-state index in [9.17, 15) is 9.59 Å². The number of nitrogens with zero attached hydrogens (tertiary/aromatic N) is 1. The zero-order chi connectivity index (χ0) is 17.0. The number of hydrogen-bond acceptors (Lipinski definition) is 5. The van der Waals surface area contributed by atoms with Crippen molar-refractivity contribution in [2.45, 2.75) is 52.5 Å². The third-order valence-corrected chi connectivity index (χ3v) is 4.99. The molecule has 23 heavy (non-hydrogen) atoms. The molecule has 1 aromatic heterocycles. The van der Waals surface area contributed by atoms with Gasteiger partial charge in [-0.2, -0.15) is 0 Å². The number of aromatic nitrogens is 1. The number of piperidine rings is 1. The van der Waals surface area contributed by atoms with Crippen LogP contribution in [0.1, 0.15) is 51.3 Å². The summed E-state index contributed by atoms with van der Waals surface area (Å²) in [6.07, 6.45) is 4.07. The highest BCUT2D eigenvalue weighted by molar-refractivity contribution is 7.15. The number of thiazole rings is 1. The van der Waals surface area contributed by atoms with Crippen LogP contribution in [0, 0.1) is 5.41 Å². The lowest BCUT2D eigenvalue weighted by Gasteiger charge is -2.21. The van der Waals surface area contributed by atoms with Crippen LogP contribution in [0.15, 0.2) is 6.20 Å². The van der Waals surface area contributed by atoms with Crippen molar-refractivity contribution >= 4 is 28.3 Å². The Morgan fingerprint density at radius 2 is 2.00 bits per heavy atom. The van der Waals surface area contributed by atoms with Gasteiger partial charge < -0.3 is 16.0 Å². The first-order chi connectivity index (χ1) is 10.8. The summed E-state index contributed by atoms with van der Waals surface area (Å²) >= 11 is 1.53. The van der Waals surface area contributed by atoms with Crippen molar-refractivity contribution < 1.29 is 9.59 Å². The molecule has 1 unspecified atom stereocenters. The van der Waals surface area contributed by atoms with Gasteiger partial charge in [0.05, 0.1) is 0 Å². The average molecular weight is 338 g/mol. The fraction of sp³-hybridized carbons (Fsp3) is 0.688. The molecule has 1 aliphatic rings. The van der Waals surface area contributed by atoms with Crippen LogP contribution in [0.25, 0.3) is 0 Å². The fourth-order valence-electron chi connectivity index (χ4n) is 2.33. The Labute approximate surface area is 141 Å². The molecule has 128 valence electrons. The van der Waals surface area contributed by atoms with E-state index < -0.39 is 11.5 Å². The number of anilines is 1. The predicted molar refractivity (Wildman–Crippen MR) is 92.6 cm³/mol. The summed E-state index contributed by atoms with van der Waals surface area (Å²) in [4.78, 5) is 29.6. The lowest BCUT2D eigenvalue weighted by Crippen LogP contribution is -2.46.